The Kier molecular flexibility index (Phi) is 31.5. The Balaban J connectivity index is 2.33. The molecule has 1 saturated heterocycles. The highest BCUT2D eigenvalue weighted by Gasteiger charge is 2.44. The SMILES string of the molecule is CCCCCCCCCC/C=C/[C@@H](O)[C@H](CO[C@@H]1O[C@H](CO)[C@@H](O)C(O)C1O)NC(=O)CCCCCCCCCCCCCCCCCCCC. The van der Waals surface area contributed by atoms with Gasteiger partial charge in [-0.1, -0.05) is 180 Å². The van der Waals surface area contributed by atoms with Crippen molar-refractivity contribution in [3.05, 3.63) is 12.2 Å². The smallest absolute Gasteiger partial charge is 0.220 e. The topological polar surface area (TPSA) is 149 Å². The summed E-state index contributed by atoms with van der Waals surface area (Å²) in [7, 11) is 0. The van der Waals surface area contributed by atoms with E-state index in [1.807, 2.05) is 6.08 Å². The molecule has 0 aliphatic carbocycles. The highest BCUT2D eigenvalue weighted by Crippen LogP contribution is 2.22. The van der Waals surface area contributed by atoms with Crippen LogP contribution < -0.4 is 5.32 Å². The first-order valence-corrected chi connectivity index (χ1v) is 21.4. The molecule has 0 radical (unpaired) electrons. The standard InChI is InChI=1S/C42H81NO8/c1-3-5-7-9-11-13-15-16-17-18-19-20-21-22-24-26-28-30-32-38(46)43-35(34-50-42-41(49)40(48)39(47)37(33-44)51-42)36(45)31-29-27-25-23-14-12-10-8-6-4-2/h29,31,35-37,39-42,44-45,47-49H,3-28,30,32-34H2,1-2H3,(H,43,46)/b31-29+/t35-,36+,37+,39+,40?,41?,42+/m0/s1. The molecule has 2 unspecified atom stereocenters. The van der Waals surface area contributed by atoms with Gasteiger partial charge in [0.1, 0.15) is 24.4 Å². The molecular formula is C42H81NO8. The highest BCUT2D eigenvalue weighted by atomic mass is 16.7. The molecule has 0 spiro atoms. The quantitative estimate of drug-likeness (QED) is 0.0283. The molecule has 1 amide bonds. The Hall–Kier alpha value is -1.07. The molecule has 51 heavy (non-hydrogen) atoms. The first kappa shape index (κ1) is 48.0. The lowest BCUT2D eigenvalue weighted by molar-refractivity contribution is -0.302. The van der Waals surface area contributed by atoms with E-state index >= 15 is 0 Å². The van der Waals surface area contributed by atoms with Crippen molar-refractivity contribution in [1.29, 1.82) is 0 Å². The Morgan fingerprint density at radius 3 is 1.53 bits per heavy atom. The minimum Gasteiger partial charge on any atom is -0.394 e. The number of hydrogen-bond donors (Lipinski definition) is 6. The van der Waals surface area contributed by atoms with Crippen LogP contribution in [0.15, 0.2) is 12.2 Å². The molecule has 302 valence electrons. The predicted octanol–water partition coefficient (Wildman–Crippen LogP) is 8.17. The molecule has 0 aromatic carbocycles. The number of carbonyl (C=O) groups is 1. The van der Waals surface area contributed by atoms with Crippen molar-refractivity contribution in [3.63, 3.8) is 0 Å². The van der Waals surface area contributed by atoms with Crippen LogP contribution in [0.2, 0.25) is 0 Å². The van der Waals surface area contributed by atoms with Crippen LogP contribution in [-0.2, 0) is 14.3 Å². The lowest BCUT2D eigenvalue weighted by Gasteiger charge is -2.40. The Bertz CT molecular complexity index is 812. The minimum absolute atomic E-state index is 0.176. The van der Waals surface area contributed by atoms with E-state index in [1.165, 1.54) is 135 Å². The fraction of sp³-hybridized carbons (Fsp3) is 0.929. The molecule has 9 heteroatoms. The number of nitrogens with one attached hydrogen (secondary N) is 1. The van der Waals surface area contributed by atoms with E-state index in [1.54, 1.807) is 6.08 Å². The van der Waals surface area contributed by atoms with Gasteiger partial charge in [-0.3, -0.25) is 4.79 Å². The van der Waals surface area contributed by atoms with Gasteiger partial charge in [-0.2, -0.15) is 0 Å². The lowest BCUT2D eigenvalue weighted by Crippen LogP contribution is -2.60. The van der Waals surface area contributed by atoms with Crippen molar-refractivity contribution in [3.8, 4) is 0 Å². The summed E-state index contributed by atoms with van der Waals surface area (Å²) in [6.45, 7) is 3.75. The second-order valence-electron chi connectivity index (χ2n) is 15.1. The summed E-state index contributed by atoms with van der Waals surface area (Å²) in [5.74, 6) is -0.176. The van der Waals surface area contributed by atoms with Crippen molar-refractivity contribution in [1.82, 2.24) is 5.32 Å². The van der Waals surface area contributed by atoms with E-state index < -0.39 is 49.5 Å². The number of carbonyl (C=O) groups excluding carboxylic acids is 1. The van der Waals surface area contributed by atoms with Crippen molar-refractivity contribution in [2.45, 2.75) is 236 Å². The van der Waals surface area contributed by atoms with Crippen molar-refractivity contribution in [2.75, 3.05) is 13.2 Å². The van der Waals surface area contributed by atoms with E-state index in [4.69, 9.17) is 9.47 Å². The van der Waals surface area contributed by atoms with E-state index in [9.17, 15) is 30.3 Å². The summed E-state index contributed by atoms with van der Waals surface area (Å²) in [6.07, 6.45) is 29.7. The predicted molar refractivity (Wildman–Crippen MR) is 207 cm³/mol. The Morgan fingerprint density at radius 1 is 0.647 bits per heavy atom. The van der Waals surface area contributed by atoms with E-state index in [0.717, 1.165) is 38.5 Å². The molecule has 7 atom stereocenters. The maximum absolute atomic E-state index is 12.9. The first-order valence-electron chi connectivity index (χ1n) is 21.4. The van der Waals surface area contributed by atoms with Crippen LogP contribution >= 0.6 is 0 Å². The van der Waals surface area contributed by atoms with Crippen LogP contribution in [0, 0.1) is 0 Å². The third-order valence-corrected chi connectivity index (χ3v) is 10.4. The van der Waals surface area contributed by atoms with Crippen LogP contribution in [0.1, 0.15) is 194 Å². The van der Waals surface area contributed by atoms with Crippen molar-refractivity contribution >= 4 is 5.91 Å². The molecular weight excluding hydrogens is 646 g/mol. The molecule has 9 nitrogen and oxygen atoms in total. The number of allylic oxidation sites excluding steroid dienone is 1. The Labute approximate surface area is 312 Å². The van der Waals surface area contributed by atoms with Crippen LogP contribution in [0.5, 0.6) is 0 Å². The normalized spacial score (nSPS) is 22.1. The summed E-state index contributed by atoms with van der Waals surface area (Å²) >= 11 is 0. The summed E-state index contributed by atoms with van der Waals surface area (Å²) < 4.78 is 11.2. The van der Waals surface area contributed by atoms with E-state index in [0.29, 0.717) is 6.42 Å². The maximum atomic E-state index is 12.9. The number of amides is 1. The van der Waals surface area contributed by atoms with Gasteiger partial charge in [-0.15, -0.1) is 0 Å². The average Bonchev–Trinajstić information content (AvgIpc) is 3.13. The van der Waals surface area contributed by atoms with Gasteiger partial charge in [0, 0.05) is 6.42 Å². The molecule has 1 fully saturated rings. The molecule has 0 aromatic rings. The zero-order valence-corrected chi connectivity index (χ0v) is 32.9. The molecule has 1 heterocycles. The molecule has 1 rings (SSSR count). The number of rotatable bonds is 35. The zero-order chi connectivity index (χ0) is 37.4. The molecule has 0 aromatic heterocycles. The summed E-state index contributed by atoms with van der Waals surface area (Å²) in [4.78, 5) is 12.9. The highest BCUT2D eigenvalue weighted by molar-refractivity contribution is 5.76. The summed E-state index contributed by atoms with van der Waals surface area (Å²) in [5.41, 5.74) is 0. The van der Waals surface area contributed by atoms with Crippen molar-refractivity contribution < 1.29 is 39.8 Å². The lowest BCUT2D eigenvalue weighted by atomic mass is 9.99. The monoisotopic (exact) mass is 728 g/mol. The fourth-order valence-electron chi connectivity index (χ4n) is 6.86. The van der Waals surface area contributed by atoms with Crippen molar-refractivity contribution in [2.24, 2.45) is 0 Å². The fourth-order valence-corrected chi connectivity index (χ4v) is 6.86. The van der Waals surface area contributed by atoms with Gasteiger partial charge in [0.2, 0.25) is 5.91 Å². The number of aliphatic hydroxyl groups excluding tert-OH is 5. The van der Waals surface area contributed by atoms with Gasteiger partial charge in [0.25, 0.3) is 0 Å². The summed E-state index contributed by atoms with van der Waals surface area (Å²) in [6, 6.07) is -0.796. The summed E-state index contributed by atoms with van der Waals surface area (Å²) in [5, 5.41) is 53.9. The number of ether oxygens (including phenoxy) is 2. The minimum atomic E-state index is -1.56. The van der Waals surface area contributed by atoms with Gasteiger partial charge < -0.3 is 40.3 Å². The largest absolute Gasteiger partial charge is 0.394 e. The van der Waals surface area contributed by atoms with Gasteiger partial charge in [-0.25, -0.2) is 0 Å². The average molecular weight is 728 g/mol. The third kappa shape index (κ3) is 24.8. The van der Waals surface area contributed by atoms with Crippen LogP contribution in [0.25, 0.3) is 0 Å². The van der Waals surface area contributed by atoms with E-state index in [-0.39, 0.29) is 12.5 Å². The molecule has 1 aliphatic rings. The molecule has 0 bridgehead atoms. The molecule has 0 saturated carbocycles. The number of aliphatic hydroxyl groups is 5. The number of hydrogen-bond acceptors (Lipinski definition) is 8. The molecule has 6 N–H and O–H groups in total. The van der Waals surface area contributed by atoms with Crippen LogP contribution in [-0.4, -0.2) is 87.5 Å². The maximum Gasteiger partial charge on any atom is 0.220 e. The van der Waals surface area contributed by atoms with Gasteiger partial charge in [0.05, 0.1) is 25.4 Å². The van der Waals surface area contributed by atoms with Gasteiger partial charge in [-0.05, 0) is 19.3 Å². The zero-order valence-electron chi connectivity index (χ0n) is 32.9. The number of unbranched alkanes of at least 4 members (excludes halogenated alkanes) is 25. The third-order valence-electron chi connectivity index (χ3n) is 10.4. The van der Waals surface area contributed by atoms with Gasteiger partial charge in [0.15, 0.2) is 6.29 Å². The Morgan fingerprint density at radius 2 is 1.08 bits per heavy atom. The second kappa shape index (κ2) is 33.5. The van der Waals surface area contributed by atoms with Crippen LogP contribution in [0.3, 0.4) is 0 Å². The van der Waals surface area contributed by atoms with Gasteiger partial charge >= 0.3 is 0 Å². The van der Waals surface area contributed by atoms with Crippen LogP contribution in [0.4, 0.5) is 0 Å². The molecule has 1 aliphatic heterocycles. The first-order chi connectivity index (χ1) is 24.8. The second-order valence-corrected chi connectivity index (χ2v) is 15.1. The van der Waals surface area contributed by atoms with E-state index in [2.05, 4.69) is 19.2 Å².